The predicted octanol–water partition coefficient (Wildman–Crippen LogP) is -6.89. The summed E-state index contributed by atoms with van der Waals surface area (Å²) in [6.07, 6.45) is 1.50. The van der Waals surface area contributed by atoms with Gasteiger partial charge in [-0.15, -0.1) is 0 Å². The second-order valence-corrected chi connectivity index (χ2v) is 1.39. The van der Waals surface area contributed by atoms with E-state index in [-0.39, 0.29) is 37.7 Å². The number of carboxylic acid groups (broad SMARTS) is 1. The van der Waals surface area contributed by atoms with Crippen LogP contribution in [0.5, 0.6) is 0 Å². The Balaban J connectivity index is 0. The van der Waals surface area contributed by atoms with Gasteiger partial charge in [0.05, 0.1) is 0 Å². The van der Waals surface area contributed by atoms with E-state index in [0.29, 0.717) is 5.92 Å². The summed E-state index contributed by atoms with van der Waals surface area (Å²) in [6.45, 7) is 0. The molecule has 1 saturated carbocycles. The van der Waals surface area contributed by atoms with Crippen molar-refractivity contribution >= 4 is 5.97 Å². The molecule has 1 fully saturated rings. The summed E-state index contributed by atoms with van der Waals surface area (Å²) in [6, 6.07) is 0. The van der Waals surface area contributed by atoms with Crippen molar-refractivity contribution < 1.29 is 47.6 Å². The molecule has 4 heteroatoms. The predicted molar refractivity (Wildman–Crippen MR) is 17.5 cm³/mol. The normalized spacial score (nSPS) is 13.2. The van der Waals surface area contributed by atoms with Crippen LogP contribution in [0, 0.1) is 5.92 Å². The second kappa shape index (κ2) is 4.42. The fourth-order valence-corrected chi connectivity index (χ4v) is 0.267. The van der Waals surface area contributed by atoms with Crippen LogP contribution in [0.25, 0.3) is 0 Å². The molecule has 0 saturated heterocycles. The molecule has 0 aromatic heterocycles. The van der Waals surface area contributed by atoms with E-state index < -0.39 is 5.97 Å². The first kappa shape index (κ1) is 11.3. The largest absolute Gasteiger partial charge is 1.00 e. The number of carboxylic acids is 1. The molecule has 2 nitrogen and oxygen atoms in total. The van der Waals surface area contributed by atoms with Crippen molar-refractivity contribution in [3.63, 3.8) is 0 Å². The molecular formula is C4H4Li2O2. The fourth-order valence-electron chi connectivity index (χ4n) is 0.267. The second-order valence-electron chi connectivity index (χ2n) is 1.39. The number of carbonyl (C=O) groups is 1. The minimum absolute atomic E-state index is 0. The summed E-state index contributed by atoms with van der Waals surface area (Å²) in [5.41, 5.74) is 0. The van der Waals surface area contributed by atoms with Crippen molar-refractivity contribution in [2.75, 3.05) is 0 Å². The van der Waals surface area contributed by atoms with Crippen LogP contribution in [0.1, 0.15) is 12.8 Å². The molecule has 0 bridgehead atoms. The van der Waals surface area contributed by atoms with Crippen LogP contribution in [0.2, 0.25) is 0 Å². The van der Waals surface area contributed by atoms with Crippen LogP contribution in [0.4, 0.5) is 0 Å². The third-order valence-corrected chi connectivity index (χ3v) is 0.789. The monoisotopic (exact) mass is 98.1 g/mol. The number of aliphatic carboxylic acids is 1. The summed E-state index contributed by atoms with van der Waals surface area (Å²) in [5.74, 6) is -0.398. The summed E-state index contributed by atoms with van der Waals surface area (Å²) in [5, 5.41) is 9.61. The zero-order chi connectivity index (χ0) is 4.57. The van der Waals surface area contributed by atoms with Gasteiger partial charge in [0.25, 0.3) is 0 Å². The Bertz CT molecular complexity index is 80.1. The van der Waals surface area contributed by atoms with Crippen molar-refractivity contribution in [3.05, 3.63) is 5.92 Å². The first-order valence-corrected chi connectivity index (χ1v) is 1.87. The molecule has 1 aliphatic carbocycles. The van der Waals surface area contributed by atoms with E-state index in [1.165, 1.54) is 0 Å². The molecule has 0 N–H and O–H groups in total. The molecule has 0 aliphatic heterocycles. The van der Waals surface area contributed by atoms with Crippen LogP contribution >= 0.6 is 0 Å². The van der Waals surface area contributed by atoms with Gasteiger partial charge in [0.1, 0.15) is 0 Å². The number of carbonyl (C=O) groups excluding carboxylic acids is 1. The van der Waals surface area contributed by atoms with Gasteiger partial charge in [-0.1, -0.05) is 5.97 Å². The van der Waals surface area contributed by atoms with Crippen LogP contribution in [-0.2, 0) is 4.79 Å². The van der Waals surface area contributed by atoms with Crippen molar-refractivity contribution in [1.82, 2.24) is 0 Å². The van der Waals surface area contributed by atoms with Gasteiger partial charge in [0.2, 0.25) is 0 Å². The fraction of sp³-hybridized carbons (Fsp3) is 0.500. The standard InChI is InChI=1S/C4H5O2.2Li/c5-4(6)3-1-2-3;;/h1-2H2,(H,5,6);;/q-1;2*+1/p-1. The minimum Gasteiger partial charge on any atom is -0.584 e. The third-order valence-electron chi connectivity index (χ3n) is 0.789. The smallest absolute Gasteiger partial charge is 0.584 e. The first-order chi connectivity index (χ1) is 2.80. The average molecular weight is 98.0 g/mol. The molecule has 0 aromatic carbocycles. The Morgan fingerprint density at radius 3 is 1.75 bits per heavy atom. The third kappa shape index (κ3) is 3.53. The summed E-state index contributed by atoms with van der Waals surface area (Å²) >= 11 is 0. The molecule has 0 unspecified atom stereocenters. The molecule has 0 atom stereocenters. The molecule has 1 rings (SSSR count). The molecule has 0 amide bonds. The summed E-state index contributed by atoms with van der Waals surface area (Å²) < 4.78 is 0. The maximum absolute atomic E-state index is 9.61. The summed E-state index contributed by atoms with van der Waals surface area (Å²) in [7, 11) is 0. The van der Waals surface area contributed by atoms with Crippen molar-refractivity contribution in [2.45, 2.75) is 12.8 Å². The summed E-state index contributed by atoms with van der Waals surface area (Å²) in [4.78, 5) is 9.61. The van der Waals surface area contributed by atoms with Gasteiger partial charge >= 0.3 is 37.7 Å². The van der Waals surface area contributed by atoms with Crippen LogP contribution in [0.3, 0.4) is 0 Å². The first-order valence-electron chi connectivity index (χ1n) is 1.87. The van der Waals surface area contributed by atoms with Gasteiger partial charge in [-0.05, 0) is 0 Å². The van der Waals surface area contributed by atoms with Crippen LogP contribution in [-0.4, -0.2) is 5.97 Å². The van der Waals surface area contributed by atoms with Gasteiger partial charge in [0.15, 0.2) is 0 Å². The van der Waals surface area contributed by atoms with E-state index in [0.717, 1.165) is 12.8 Å². The number of hydrogen-bond donors (Lipinski definition) is 0. The maximum Gasteiger partial charge on any atom is 1.00 e. The molecule has 0 heterocycles. The Kier molecular flexibility index (Phi) is 6.27. The van der Waals surface area contributed by atoms with Crippen molar-refractivity contribution in [1.29, 1.82) is 0 Å². The topological polar surface area (TPSA) is 40.1 Å². The molecule has 34 valence electrons. The molecular weight excluding hydrogens is 93.9 g/mol. The molecule has 0 aromatic rings. The van der Waals surface area contributed by atoms with Gasteiger partial charge in [0, 0.05) is 0 Å². The zero-order valence-electron chi connectivity index (χ0n) is 5.23. The van der Waals surface area contributed by atoms with E-state index in [9.17, 15) is 9.90 Å². The molecule has 8 heavy (non-hydrogen) atoms. The Morgan fingerprint density at radius 1 is 1.38 bits per heavy atom. The van der Waals surface area contributed by atoms with Crippen LogP contribution in [0.15, 0.2) is 0 Å². The zero-order valence-corrected chi connectivity index (χ0v) is 5.23. The molecule has 0 spiro atoms. The van der Waals surface area contributed by atoms with Gasteiger partial charge in [-0.2, -0.15) is 12.8 Å². The van der Waals surface area contributed by atoms with Gasteiger partial charge in [-0.25, -0.2) is 0 Å². The number of rotatable bonds is 1. The van der Waals surface area contributed by atoms with Gasteiger partial charge < -0.3 is 15.8 Å². The molecule has 1 aliphatic rings. The number of hydrogen-bond acceptors (Lipinski definition) is 2. The SMILES string of the molecule is O=C([O-])[C-]1CC1.[Li+].[Li+]. The Morgan fingerprint density at radius 2 is 1.75 bits per heavy atom. The van der Waals surface area contributed by atoms with E-state index in [1.807, 2.05) is 0 Å². The maximum atomic E-state index is 9.61. The van der Waals surface area contributed by atoms with E-state index >= 15 is 0 Å². The van der Waals surface area contributed by atoms with E-state index in [1.54, 1.807) is 0 Å². The quantitative estimate of drug-likeness (QED) is 0.241. The van der Waals surface area contributed by atoms with Crippen molar-refractivity contribution in [2.24, 2.45) is 0 Å². The van der Waals surface area contributed by atoms with E-state index in [4.69, 9.17) is 0 Å². The Labute approximate surface area is 72.4 Å². The minimum atomic E-state index is -0.963. The van der Waals surface area contributed by atoms with E-state index in [2.05, 4.69) is 0 Å². The van der Waals surface area contributed by atoms with Gasteiger partial charge in [-0.3, -0.25) is 0 Å². The van der Waals surface area contributed by atoms with Crippen molar-refractivity contribution in [3.8, 4) is 0 Å². The molecule has 0 radical (unpaired) electrons. The Hall–Kier alpha value is 0.535. The van der Waals surface area contributed by atoms with Crippen LogP contribution < -0.4 is 42.8 Å². The average Bonchev–Trinajstić information content (AvgIpc) is 2.06.